The van der Waals surface area contributed by atoms with Crippen LogP contribution < -0.4 is 4.90 Å². The highest BCUT2D eigenvalue weighted by atomic mass is 19.1. The van der Waals surface area contributed by atoms with Gasteiger partial charge in [-0.15, -0.1) is 0 Å². The average molecular weight is 573 g/mol. The molecule has 3 aliphatic rings. The van der Waals surface area contributed by atoms with Crippen LogP contribution in [-0.2, 0) is 16.6 Å². The molecular formula is C37H37FN4O. The lowest BCUT2D eigenvalue weighted by Crippen LogP contribution is -2.46. The summed E-state index contributed by atoms with van der Waals surface area (Å²) in [5.74, 6) is 1.23. The number of allylic oxidation sites excluding steroid dienone is 1. The minimum absolute atomic E-state index is 0.183. The van der Waals surface area contributed by atoms with Gasteiger partial charge in [0.1, 0.15) is 5.82 Å². The summed E-state index contributed by atoms with van der Waals surface area (Å²) >= 11 is 0. The molecule has 0 saturated heterocycles. The van der Waals surface area contributed by atoms with E-state index >= 15 is 4.39 Å². The lowest BCUT2D eigenvalue weighted by atomic mass is 9.55. The summed E-state index contributed by atoms with van der Waals surface area (Å²) in [4.78, 5) is 30.8. The van der Waals surface area contributed by atoms with Crippen molar-refractivity contribution in [3.63, 3.8) is 0 Å². The molecule has 218 valence electrons. The normalized spacial score (nSPS) is 22.3. The number of carbonyl (C=O) groups excluding carboxylic acids is 1. The predicted octanol–water partition coefficient (Wildman–Crippen LogP) is 8.21. The first-order valence-corrected chi connectivity index (χ1v) is 15.6. The Balaban J connectivity index is 1.41. The molecule has 7 rings (SSSR count). The van der Waals surface area contributed by atoms with Crippen LogP contribution >= 0.6 is 0 Å². The summed E-state index contributed by atoms with van der Waals surface area (Å²) in [6.45, 7) is 2.21. The number of aromatic nitrogens is 3. The van der Waals surface area contributed by atoms with Crippen molar-refractivity contribution in [2.75, 3.05) is 11.9 Å². The summed E-state index contributed by atoms with van der Waals surface area (Å²) < 4.78 is 15.4. The fraction of sp³-hybridized carbons (Fsp3) is 0.351. The maximum atomic E-state index is 15.4. The van der Waals surface area contributed by atoms with Gasteiger partial charge in [0.2, 0.25) is 0 Å². The maximum Gasteiger partial charge on any atom is 0.160 e. The Kier molecular flexibility index (Phi) is 7.16. The Morgan fingerprint density at radius 2 is 1.81 bits per heavy atom. The number of Topliss-reactive ketones (excluding diaryl/α,β-unsaturated/α-hetero) is 1. The van der Waals surface area contributed by atoms with Gasteiger partial charge in [-0.2, -0.15) is 0 Å². The third-order valence-electron chi connectivity index (χ3n) is 9.67. The second-order valence-electron chi connectivity index (χ2n) is 12.5. The predicted molar refractivity (Wildman–Crippen MR) is 168 cm³/mol. The van der Waals surface area contributed by atoms with Crippen molar-refractivity contribution in [3.8, 4) is 22.6 Å². The number of hydrogen-bond donors (Lipinski definition) is 0. The molecular weight excluding hydrogens is 535 g/mol. The lowest BCUT2D eigenvalue weighted by Gasteiger charge is -2.48. The van der Waals surface area contributed by atoms with Crippen molar-refractivity contribution in [2.24, 2.45) is 5.92 Å². The van der Waals surface area contributed by atoms with Crippen molar-refractivity contribution in [2.45, 2.75) is 69.6 Å². The van der Waals surface area contributed by atoms with Gasteiger partial charge in [0.05, 0.1) is 11.4 Å². The molecule has 0 unspecified atom stereocenters. The van der Waals surface area contributed by atoms with Crippen LogP contribution in [0.3, 0.4) is 0 Å². The number of nitrogens with zero attached hydrogens (tertiary/aromatic N) is 4. The standard InChI is InChI=1S/C37H37FN4O/c1-3-18-37-22-26(23-42(2)28-9-5-4-6-10-28)33(43)21-27(37)15-16-30-34(29-11-7-8-12-31(29)38)40-36(41-35(30)37)25-17-19-39-32(20-25)24-13-14-24/h4-12,17,19-20,23-24,27H,3,13-16,18,21-22H2,1-2H3/b26-23-/t27-,37-/m1/s1. The topological polar surface area (TPSA) is 59.0 Å². The molecule has 0 spiro atoms. The summed E-state index contributed by atoms with van der Waals surface area (Å²) in [5.41, 5.74) is 6.74. The van der Waals surface area contributed by atoms with Gasteiger partial charge in [0, 0.05) is 70.8 Å². The molecule has 0 N–H and O–H groups in total. The number of hydrogen-bond acceptors (Lipinski definition) is 5. The highest BCUT2D eigenvalue weighted by Gasteiger charge is 2.50. The van der Waals surface area contributed by atoms with E-state index in [0.29, 0.717) is 35.8 Å². The Labute approximate surface area is 252 Å². The highest BCUT2D eigenvalue weighted by Crippen LogP contribution is 2.54. The van der Waals surface area contributed by atoms with E-state index in [2.05, 4.69) is 30.1 Å². The molecule has 0 radical (unpaired) electrons. The Morgan fingerprint density at radius 1 is 1.02 bits per heavy atom. The number of ketones is 1. The van der Waals surface area contributed by atoms with Gasteiger partial charge in [0.15, 0.2) is 11.6 Å². The summed E-state index contributed by atoms with van der Waals surface area (Å²) in [6, 6.07) is 21.1. The third-order valence-corrected chi connectivity index (χ3v) is 9.67. The smallest absolute Gasteiger partial charge is 0.160 e. The minimum Gasteiger partial charge on any atom is -0.351 e. The zero-order chi connectivity index (χ0) is 29.6. The van der Waals surface area contributed by atoms with Crippen LogP contribution in [0.15, 0.2) is 84.7 Å². The number of fused-ring (bicyclic) bond motifs is 3. The van der Waals surface area contributed by atoms with Crippen LogP contribution in [0.4, 0.5) is 10.1 Å². The average Bonchev–Trinajstić information content (AvgIpc) is 3.88. The third kappa shape index (κ3) is 5.07. The first kappa shape index (κ1) is 27.6. The van der Waals surface area contributed by atoms with Crippen molar-refractivity contribution >= 4 is 11.5 Å². The van der Waals surface area contributed by atoms with Gasteiger partial charge in [-0.3, -0.25) is 9.78 Å². The van der Waals surface area contributed by atoms with Crippen LogP contribution in [-0.4, -0.2) is 27.8 Å². The largest absolute Gasteiger partial charge is 0.351 e. The van der Waals surface area contributed by atoms with E-state index in [4.69, 9.17) is 9.97 Å². The van der Waals surface area contributed by atoms with Gasteiger partial charge in [-0.05, 0) is 80.8 Å². The van der Waals surface area contributed by atoms with E-state index < -0.39 is 0 Å². The van der Waals surface area contributed by atoms with Crippen LogP contribution in [0.25, 0.3) is 22.6 Å². The molecule has 0 bridgehead atoms. The molecule has 5 nitrogen and oxygen atoms in total. The van der Waals surface area contributed by atoms with E-state index in [1.54, 1.807) is 6.07 Å². The number of benzene rings is 2. The van der Waals surface area contributed by atoms with Crippen LogP contribution in [0, 0.1) is 11.7 Å². The summed E-state index contributed by atoms with van der Waals surface area (Å²) in [5, 5.41) is 0. The minimum atomic E-state index is -0.330. The molecule has 2 fully saturated rings. The summed E-state index contributed by atoms with van der Waals surface area (Å²) in [6.07, 6.45) is 10.8. The Hall–Kier alpha value is -4.19. The molecule has 0 amide bonds. The SMILES string of the molecule is CCC[C@@]12C/C(=C/N(C)c3ccccc3)C(=O)C[C@H]1CCc1c(-c3ccccc3F)nc(-c3ccnc(C4CC4)c3)nc12. The molecule has 0 aliphatic heterocycles. The van der Waals surface area contributed by atoms with Crippen molar-refractivity contribution in [1.29, 1.82) is 0 Å². The number of anilines is 1. The highest BCUT2D eigenvalue weighted by molar-refractivity contribution is 5.97. The maximum absolute atomic E-state index is 15.4. The second kappa shape index (κ2) is 11.1. The van der Waals surface area contributed by atoms with Gasteiger partial charge in [-0.1, -0.05) is 43.7 Å². The van der Waals surface area contributed by atoms with E-state index in [9.17, 15) is 4.79 Å². The monoisotopic (exact) mass is 572 g/mol. The molecule has 2 aromatic carbocycles. The van der Waals surface area contributed by atoms with Crippen LogP contribution in [0.1, 0.15) is 74.7 Å². The van der Waals surface area contributed by atoms with E-state index in [1.165, 1.54) is 6.07 Å². The van der Waals surface area contributed by atoms with Gasteiger partial charge < -0.3 is 4.90 Å². The Morgan fingerprint density at radius 3 is 2.58 bits per heavy atom. The molecule has 6 heteroatoms. The Bertz CT molecular complexity index is 1710. The van der Waals surface area contributed by atoms with Gasteiger partial charge >= 0.3 is 0 Å². The molecule has 2 saturated carbocycles. The number of pyridine rings is 1. The van der Waals surface area contributed by atoms with Crippen molar-refractivity contribution < 1.29 is 9.18 Å². The number of para-hydroxylation sites is 1. The van der Waals surface area contributed by atoms with Crippen molar-refractivity contribution in [1.82, 2.24) is 15.0 Å². The van der Waals surface area contributed by atoms with Gasteiger partial charge in [0.25, 0.3) is 0 Å². The molecule has 2 heterocycles. The molecule has 4 aromatic rings. The molecule has 2 atom stereocenters. The van der Waals surface area contributed by atoms with Gasteiger partial charge in [-0.25, -0.2) is 14.4 Å². The molecule has 43 heavy (non-hydrogen) atoms. The summed E-state index contributed by atoms with van der Waals surface area (Å²) in [7, 11) is 2.00. The van der Waals surface area contributed by atoms with E-state index in [0.717, 1.165) is 72.3 Å². The number of halogens is 1. The molecule has 3 aliphatic carbocycles. The van der Waals surface area contributed by atoms with E-state index in [-0.39, 0.29) is 22.9 Å². The fourth-order valence-corrected chi connectivity index (χ4v) is 7.38. The van der Waals surface area contributed by atoms with Crippen molar-refractivity contribution in [3.05, 3.63) is 107 Å². The number of rotatable bonds is 7. The zero-order valence-corrected chi connectivity index (χ0v) is 24.9. The lowest BCUT2D eigenvalue weighted by molar-refractivity contribution is -0.119. The quantitative estimate of drug-likeness (QED) is 0.209. The van der Waals surface area contributed by atoms with E-state index in [1.807, 2.05) is 60.7 Å². The van der Waals surface area contributed by atoms with Crippen LogP contribution in [0.2, 0.25) is 0 Å². The first-order chi connectivity index (χ1) is 21.0. The van der Waals surface area contributed by atoms with Crippen LogP contribution in [0.5, 0.6) is 0 Å². The number of carbonyl (C=O) groups is 1. The zero-order valence-electron chi connectivity index (χ0n) is 24.9. The second-order valence-corrected chi connectivity index (χ2v) is 12.5. The fourth-order valence-electron chi connectivity index (χ4n) is 7.38. The molecule has 2 aromatic heterocycles. The first-order valence-electron chi connectivity index (χ1n) is 15.6.